The van der Waals surface area contributed by atoms with Gasteiger partial charge in [-0.1, -0.05) is 48.5 Å². The van der Waals surface area contributed by atoms with Crippen molar-refractivity contribution in [3.63, 3.8) is 0 Å². The maximum Gasteiger partial charge on any atom is 0.259 e. The average molecular weight is 312 g/mol. The highest BCUT2D eigenvalue weighted by atomic mass is 16.5. The highest BCUT2D eigenvalue weighted by molar-refractivity contribution is 5.77. The van der Waals surface area contributed by atoms with E-state index < -0.39 is 0 Å². The lowest BCUT2D eigenvalue weighted by Crippen LogP contribution is -2.28. The average Bonchev–Trinajstić information content (AvgIpc) is 2.58. The Bertz CT molecular complexity index is 612. The zero-order valence-corrected chi connectivity index (χ0v) is 13.8. The van der Waals surface area contributed by atoms with E-state index in [0.717, 1.165) is 30.8 Å². The third-order valence-electron chi connectivity index (χ3n) is 3.57. The summed E-state index contributed by atoms with van der Waals surface area (Å²) in [5.74, 6) is 0.715. The van der Waals surface area contributed by atoms with Gasteiger partial charge in [0, 0.05) is 26.2 Å². The van der Waals surface area contributed by atoms with E-state index in [-0.39, 0.29) is 12.5 Å². The van der Waals surface area contributed by atoms with Crippen molar-refractivity contribution in [2.24, 2.45) is 0 Å². The van der Waals surface area contributed by atoms with Crippen molar-refractivity contribution in [1.82, 2.24) is 10.2 Å². The van der Waals surface area contributed by atoms with Gasteiger partial charge in [-0.25, -0.2) is 0 Å². The van der Waals surface area contributed by atoms with Crippen LogP contribution in [-0.4, -0.2) is 38.1 Å². The monoisotopic (exact) mass is 312 g/mol. The van der Waals surface area contributed by atoms with Gasteiger partial charge in [-0.3, -0.25) is 4.79 Å². The Morgan fingerprint density at radius 1 is 1.04 bits per heavy atom. The van der Waals surface area contributed by atoms with Gasteiger partial charge in [0.1, 0.15) is 5.75 Å². The number of benzene rings is 2. The molecule has 0 saturated heterocycles. The predicted octanol–water partition coefficient (Wildman–Crippen LogP) is 2.49. The first-order valence-corrected chi connectivity index (χ1v) is 7.82. The lowest BCUT2D eigenvalue weighted by Gasteiger charge is -2.14. The molecular weight excluding hydrogens is 288 g/mol. The summed E-state index contributed by atoms with van der Waals surface area (Å²) in [5.41, 5.74) is 2.38. The highest BCUT2D eigenvalue weighted by Gasteiger charge is 2.07. The number of likely N-dealkylation sites (N-methyl/N-ethyl adjacent to an activating group) is 1. The molecule has 0 spiro atoms. The van der Waals surface area contributed by atoms with E-state index in [1.54, 1.807) is 14.1 Å². The largest absolute Gasteiger partial charge is 0.483 e. The van der Waals surface area contributed by atoms with Gasteiger partial charge in [0.15, 0.2) is 6.61 Å². The number of hydrogen-bond donors (Lipinski definition) is 1. The molecule has 122 valence electrons. The minimum atomic E-state index is -0.0446. The van der Waals surface area contributed by atoms with E-state index in [0.29, 0.717) is 0 Å². The molecule has 0 atom stereocenters. The molecule has 4 nitrogen and oxygen atoms in total. The molecule has 0 aliphatic carbocycles. The maximum absolute atomic E-state index is 11.6. The number of nitrogens with zero attached hydrogens (tertiary/aromatic N) is 1. The van der Waals surface area contributed by atoms with E-state index in [9.17, 15) is 4.79 Å². The summed E-state index contributed by atoms with van der Waals surface area (Å²) < 4.78 is 5.64. The van der Waals surface area contributed by atoms with Gasteiger partial charge in [0.25, 0.3) is 5.91 Å². The van der Waals surface area contributed by atoms with Crippen LogP contribution in [0, 0.1) is 0 Å². The van der Waals surface area contributed by atoms with Crippen molar-refractivity contribution < 1.29 is 9.53 Å². The second-order valence-electron chi connectivity index (χ2n) is 5.60. The summed E-state index contributed by atoms with van der Waals surface area (Å²) in [7, 11) is 3.45. The minimum Gasteiger partial charge on any atom is -0.483 e. The summed E-state index contributed by atoms with van der Waals surface area (Å²) in [6.45, 7) is 1.68. The first-order chi connectivity index (χ1) is 11.2. The Morgan fingerprint density at radius 2 is 1.74 bits per heavy atom. The Hall–Kier alpha value is -2.33. The molecule has 0 fully saturated rings. The lowest BCUT2D eigenvalue weighted by atomic mass is 10.1. The van der Waals surface area contributed by atoms with Crippen LogP contribution < -0.4 is 10.1 Å². The molecule has 0 unspecified atom stereocenters. The van der Waals surface area contributed by atoms with Crippen molar-refractivity contribution in [3.05, 3.63) is 65.7 Å². The first-order valence-electron chi connectivity index (χ1n) is 7.82. The summed E-state index contributed by atoms with van der Waals surface area (Å²) >= 11 is 0. The van der Waals surface area contributed by atoms with Crippen LogP contribution in [0.1, 0.15) is 11.1 Å². The normalized spacial score (nSPS) is 10.3. The lowest BCUT2D eigenvalue weighted by molar-refractivity contribution is -0.130. The van der Waals surface area contributed by atoms with E-state index >= 15 is 0 Å². The van der Waals surface area contributed by atoms with E-state index in [1.807, 2.05) is 30.3 Å². The summed E-state index contributed by atoms with van der Waals surface area (Å²) in [5, 5.41) is 3.43. The molecule has 23 heavy (non-hydrogen) atoms. The van der Waals surface area contributed by atoms with Gasteiger partial charge in [-0.2, -0.15) is 0 Å². The SMILES string of the molecule is CN(C)C(=O)COc1ccccc1CNCCc1ccccc1. The van der Waals surface area contributed by atoms with Crippen molar-refractivity contribution >= 4 is 5.91 Å². The molecule has 0 radical (unpaired) electrons. The van der Waals surface area contributed by atoms with Gasteiger partial charge in [-0.05, 0) is 24.6 Å². The van der Waals surface area contributed by atoms with Crippen LogP contribution in [0.15, 0.2) is 54.6 Å². The summed E-state index contributed by atoms with van der Waals surface area (Å²) in [6, 6.07) is 18.2. The number of carbonyl (C=O) groups is 1. The highest BCUT2D eigenvalue weighted by Crippen LogP contribution is 2.17. The van der Waals surface area contributed by atoms with Crippen molar-refractivity contribution in [1.29, 1.82) is 0 Å². The third kappa shape index (κ3) is 5.75. The van der Waals surface area contributed by atoms with Crippen LogP contribution in [-0.2, 0) is 17.8 Å². The quantitative estimate of drug-likeness (QED) is 0.762. The molecule has 0 saturated carbocycles. The van der Waals surface area contributed by atoms with Gasteiger partial charge in [-0.15, -0.1) is 0 Å². The molecule has 0 aliphatic heterocycles. The molecule has 2 rings (SSSR count). The second kappa shape index (κ2) is 8.96. The fourth-order valence-electron chi connectivity index (χ4n) is 2.16. The molecule has 1 N–H and O–H groups in total. The second-order valence-corrected chi connectivity index (χ2v) is 5.60. The number of carbonyl (C=O) groups excluding carboxylic acids is 1. The van der Waals surface area contributed by atoms with Gasteiger partial charge < -0.3 is 15.0 Å². The molecule has 0 heterocycles. The number of nitrogens with one attached hydrogen (secondary N) is 1. The third-order valence-corrected chi connectivity index (χ3v) is 3.57. The van der Waals surface area contributed by atoms with Crippen LogP contribution in [0.5, 0.6) is 5.75 Å². The van der Waals surface area contributed by atoms with E-state index in [4.69, 9.17) is 4.74 Å². The van der Waals surface area contributed by atoms with E-state index in [1.165, 1.54) is 10.5 Å². The number of ether oxygens (including phenoxy) is 1. The fraction of sp³-hybridized carbons (Fsp3) is 0.316. The molecule has 4 heteroatoms. The van der Waals surface area contributed by atoms with Crippen LogP contribution in [0.2, 0.25) is 0 Å². The topological polar surface area (TPSA) is 41.6 Å². The molecular formula is C19H24N2O2. The molecule has 0 aliphatic rings. The minimum absolute atomic E-state index is 0.0446. The first kappa shape index (κ1) is 17.0. The smallest absolute Gasteiger partial charge is 0.259 e. The molecule has 2 aromatic rings. The Balaban J connectivity index is 1.81. The predicted molar refractivity (Wildman–Crippen MR) is 92.5 cm³/mol. The Kier molecular flexibility index (Phi) is 6.63. The van der Waals surface area contributed by atoms with Crippen LogP contribution in [0.3, 0.4) is 0 Å². The zero-order chi connectivity index (χ0) is 16.5. The molecule has 0 aromatic heterocycles. The summed E-state index contributed by atoms with van der Waals surface area (Å²) in [6.07, 6.45) is 0.989. The van der Waals surface area contributed by atoms with Crippen molar-refractivity contribution in [3.8, 4) is 5.75 Å². The zero-order valence-electron chi connectivity index (χ0n) is 13.8. The Labute approximate surface area is 138 Å². The fourth-order valence-corrected chi connectivity index (χ4v) is 2.16. The van der Waals surface area contributed by atoms with Gasteiger partial charge in [0.05, 0.1) is 0 Å². The molecule has 0 bridgehead atoms. The van der Waals surface area contributed by atoms with Crippen LogP contribution in [0.25, 0.3) is 0 Å². The van der Waals surface area contributed by atoms with Crippen molar-refractivity contribution in [2.45, 2.75) is 13.0 Å². The Morgan fingerprint density at radius 3 is 2.48 bits per heavy atom. The maximum atomic E-state index is 11.6. The summed E-state index contributed by atoms with van der Waals surface area (Å²) in [4.78, 5) is 13.2. The molecule has 1 amide bonds. The standard InChI is InChI=1S/C19H24N2O2/c1-21(2)19(22)15-23-18-11-7-6-10-17(18)14-20-13-12-16-8-4-3-5-9-16/h3-11,20H,12-15H2,1-2H3. The van der Waals surface area contributed by atoms with Crippen molar-refractivity contribution in [2.75, 3.05) is 27.2 Å². The van der Waals surface area contributed by atoms with Gasteiger partial charge >= 0.3 is 0 Å². The number of para-hydroxylation sites is 1. The van der Waals surface area contributed by atoms with Crippen LogP contribution in [0.4, 0.5) is 0 Å². The number of rotatable bonds is 8. The number of amides is 1. The number of hydrogen-bond acceptors (Lipinski definition) is 3. The van der Waals surface area contributed by atoms with Gasteiger partial charge in [0.2, 0.25) is 0 Å². The van der Waals surface area contributed by atoms with Crippen LogP contribution >= 0.6 is 0 Å². The molecule has 2 aromatic carbocycles. The van der Waals surface area contributed by atoms with E-state index in [2.05, 4.69) is 29.6 Å².